The van der Waals surface area contributed by atoms with Crippen molar-refractivity contribution in [2.75, 3.05) is 31.6 Å². The summed E-state index contributed by atoms with van der Waals surface area (Å²) < 4.78 is 5.61. The Balaban J connectivity index is 1.62. The smallest absolute Gasteiger partial charge is 0.322 e. The van der Waals surface area contributed by atoms with Crippen molar-refractivity contribution in [1.82, 2.24) is 4.90 Å². The second-order valence-corrected chi connectivity index (χ2v) is 6.47. The summed E-state index contributed by atoms with van der Waals surface area (Å²) in [5, 5.41) is 3.64. The fraction of sp³-hybridized carbons (Fsp3) is 0.316. The standard InChI is InChI=1S/C19H22ClN3O2/c20-16-3-1-2-15(12-16)14-4-6-17(7-5-14)22-19(24)23-10-11-25-18(13-23)8-9-21/h1-7,12,18H,8-11,13,21H2,(H,22,24)/t18-/m0/s1. The maximum absolute atomic E-state index is 12.4. The number of carbonyl (C=O) groups excluding carboxylic acids is 1. The molecule has 1 fully saturated rings. The van der Waals surface area contributed by atoms with Crippen LogP contribution in [0.15, 0.2) is 48.5 Å². The van der Waals surface area contributed by atoms with Gasteiger partial charge in [0.1, 0.15) is 0 Å². The number of nitrogens with one attached hydrogen (secondary N) is 1. The van der Waals surface area contributed by atoms with E-state index in [2.05, 4.69) is 5.32 Å². The van der Waals surface area contributed by atoms with Gasteiger partial charge >= 0.3 is 6.03 Å². The summed E-state index contributed by atoms with van der Waals surface area (Å²) in [5.41, 5.74) is 8.43. The van der Waals surface area contributed by atoms with E-state index in [1.807, 2.05) is 48.5 Å². The van der Waals surface area contributed by atoms with Crippen LogP contribution in [0, 0.1) is 0 Å². The molecule has 1 atom stereocenters. The van der Waals surface area contributed by atoms with Crippen LogP contribution in [0.3, 0.4) is 0 Å². The molecule has 0 bridgehead atoms. The highest BCUT2D eigenvalue weighted by Crippen LogP contribution is 2.24. The molecular formula is C19H22ClN3O2. The van der Waals surface area contributed by atoms with Crippen molar-refractivity contribution in [2.45, 2.75) is 12.5 Å². The van der Waals surface area contributed by atoms with Gasteiger partial charge in [-0.1, -0.05) is 35.9 Å². The Labute approximate surface area is 152 Å². The van der Waals surface area contributed by atoms with Crippen LogP contribution < -0.4 is 11.1 Å². The summed E-state index contributed by atoms with van der Waals surface area (Å²) in [6, 6.07) is 15.3. The van der Waals surface area contributed by atoms with E-state index in [9.17, 15) is 4.79 Å². The summed E-state index contributed by atoms with van der Waals surface area (Å²) in [5.74, 6) is 0. The normalized spacial score (nSPS) is 17.4. The monoisotopic (exact) mass is 359 g/mol. The lowest BCUT2D eigenvalue weighted by molar-refractivity contribution is -0.0146. The first-order valence-corrected chi connectivity index (χ1v) is 8.77. The number of hydrogen-bond acceptors (Lipinski definition) is 3. The molecule has 2 amide bonds. The summed E-state index contributed by atoms with van der Waals surface area (Å²) in [4.78, 5) is 14.2. The summed E-state index contributed by atoms with van der Waals surface area (Å²) >= 11 is 6.03. The first-order chi connectivity index (χ1) is 12.2. The zero-order chi connectivity index (χ0) is 17.6. The molecule has 1 saturated heterocycles. The Morgan fingerprint density at radius 3 is 2.76 bits per heavy atom. The lowest BCUT2D eigenvalue weighted by atomic mass is 10.1. The van der Waals surface area contributed by atoms with Gasteiger partial charge in [-0.15, -0.1) is 0 Å². The van der Waals surface area contributed by atoms with Crippen molar-refractivity contribution in [3.63, 3.8) is 0 Å². The van der Waals surface area contributed by atoms with Crippen molar-refractivity contribution in [1.29, 1.82) is 0 Å². The number of nitrogens with two attached hydrogens (primary N) is 1. The van der Waals surface area contributed by atoms with Gasteiger partial charge in [-0.25, -0.2) is 4.79 Å². The van der Waals surface area contributed by atoms with Crippen molar-refractivity contribution < 1.29 is 9.53 Å². The molecular weight excluding hydrogens is 338 g/mol. The van der Waals surface area contributed by atoms with Gasteiger partial charge < -0.3 is 20.7 Å². The Hall–Kier alpha value is -2.08. The van der Waals surface area contributed by atoms with Crippen molar-refractivity contribution >= 4 is 23.3 Å². The molecule has 0 saturated carbocycles. The molecule has 2 aromatic rings. The Morgan fingerprint density at radius 2 is 2.04 bits per heavy atom. The minimum Gasteiger partial charge on any atom is -0.374 e. The molecule has 0 aliphatic carbocycles. The first-order valence-electron chi connectivity index (χ1n) is 8.39. The van der Waals surface area contributed by atoms with E-state index in [4.69, 9.17) is 22.1 Å². The number of morpholine rings is 1. The predicted octanol–water partition coefficient (Wildman–Crippen LogP) is 3.59. The van der Waals surface area contributed by atoms with Crippen LogP contribution in [0.4, 0.5) is 10.5 Å². The van der Waals surface area contributed by atoms with Crippen LogP contribution in [-0.2, 0) is 4.74 Å². The molecule has 2 aromatic carbocycles. The van der Waals surface area contributed by atoms with Crippen molar-refractivity contribution in [3.05, 3.63) is 53.6 Å². The Kier molecular flexibility index (Phi) is 5.91. The molecule has 1 aliphatic rings. The number of amides is 2. The van der Waals surface area contributed by atoms with E-state index in [0.717, 1.165) is 23.2 Å². The van der Waals surface area contributed by atoms with Crippen LogP contribution in [0.2, 0.25) is 5.02 Å². The van der Waals surface area contributed by atoms with Gasteiger partial charge in [-0.05, 0) is 48.4 Å². The van der Waals surface area contributed by atoms with Gasteiger partial charge in [0.2, 0.25) is 0 Å². The topological polar surface area (TPSA) is 67.6 Å². The number of ether oxygens (including phenoxy) is 1. The molecule has 1 aliphatic heterocycles. The highest BCUT2D eigenvalue weighted by Gasteiger charge is 2.23. The number of hydrogen-bond donors (Lipinski definition) is 2. The number of anilines is 1. The Bertz CT molecular complexity index is 719. The van der Waals surface area contributed by atoms with E-state index in [0.29, 0.717) is 31.3 Å². The maximum Gasteiger partial charge on any atom is 0.322 e. The van der Waals surface area contributed by atoms with Crippen LogP contribution in [0.1, 0.15) is 6.42 Å². The number of rotatable bonds is 4. The highest BCUT2D eigenvalue weighted by molar-refractivity contribution is 6.30. The largest absolute Gasteiger partial charge is 0.374 e. The zero-order valence-corrected chi connectivity index (χ0v) is 14.7. The van der Waals surface area contributed by atoms with Crippen LogP contribution in [0.5, 0.6) is 0 Å². The van der Waals surface area contributed by atoms with Crippen LogP contribution in [-0.4, -0.2) is 43.3 Å². The number of halogens is 1. The molecule has 1 heterocycles. The highest BCUT2D eigenvalue weighted by atomic mass is 35.5. The lowest BCUT2D eigenvalue weighted by Crippen LogP contribution is -2.47. The first kappa shape index (κ1) is 17.7. The van der Waals surface area contributed by atoms with Crippen LogP contribution in [0.25, 0.3) is 11.1 Å². The van der Waals surface area contributed by atoms with Gasteiger partial charge in [0.05, 0.1) is 12.7 Å². The molecule has 132 valence electrons. The lowest BCUT2D eigenvalue weighted by Gasteiger charge is -2.32. The molecule has 6 heteroatoms. The molecule has 0 radical (unpaired) electrons. The van der Waals surface area contributed by atoms with Crippen molar-refractivity contribution in [3.8, 4) is 11.1 Å². The van der Waals surface area contributed by atoms with Crippen molar-refractivity contribution in [2.24, 2.45) is 5.73 Å². The van der Waals surface area contributed by atoms with Gasteiger partial charge in [-0.3, -0.25) is 0 Å². The van der Waals surface area contributed by atoms with Gasteiger partial charge in [0, 0.05) is 23.8 Å². The fourth-order valence-electron chi connectivity index (χ4n) is 2.88. The van der Waals surface area contributed by atoms with Gasteiger partial charge in [0.25, 0.3) is 0 Å². The molecule has 5 nitrogen and oxygen atoms in total. The third kappa shape index (κ3) is 4.72. The minimum atomic E-state index is -0.110. The van der Waals surface area contributed by atoms with Gasteiger partial charge in [-0.2, -0.15) is 0 Å². The number of nitrogens with zero attached hydrogens (tertiary/aromatic N) is 1. The average molecular weight is 360 g/mol. The fourth-order valence-corrected chi connectivity index (χ4v) is 3.07. The van der Waals surface area contributed by atoms with Crippen LogP contribution >= 0.6 is 11.6 Å². The molecule has 0 unspecified atom stereocenters. The molecule has 3 rings (SSSR count). The van der Waals surface area contributed by atoms with E-state index < -0.39 is 0 Å². The van der Waals surface area contributed by atoms with E-state index in [1.54, 1.807) is 4.90 Å². The quantitative estimate of drug-likeness (QED) is 0.876. The second-order valence-electron chi connectivity index (χ2n) is 6.03. The summed E-state index contributed by atoms with van der Waals surface area (Å²) in [6.07, 6.45) is 0.785. The summed E-state index contributed by atoms with van der Waals surface area (Å²) in [6.45, 7) is 2.27. The molecule has 0 aromatic heterocycles. The van der Waals surface area contributed by atoms with E-state index in [1.165, 1.54) is 0 Å². The molecule has 25 heavy (non-hydrogen) atoms. The Morgan fingerprint density at radius 1 is 1.24 bits per heavy atom. The number of urea groups is 1. The predicted molar refractivity (Wildman–Crippen MR) is 101 cm³/mol. The third-order valence-corrected chi connectivity index (χ3v) is 4.44. The van der Waals surface area contributed by atoms with Gasteiger partial charge in [0.15, 0.2) is 0 Å². The van der Waals surface area contributed by atoms with E-state index >= 15 is 0 Å². The number of carbonyl (C=O) groups is 1. The minimum absolute atomic E-state index is 0.0229. The molecule has 0 spiro atoms. The summed E-state index contributed by atoms with van der Waals surface area (Å²) in [7, 11) is 0. The third-order valence-electron chi connectivity index (χ3n) is 4.21. The zero-order valence-electron chi connectivity index (χ0n) is 14.0. The second kappa shape index (κ2) is 8.34. The maximum atomic E-state index is 12.4. The average Bonchev–Trinajstić information content (AvgIpc) is 2.63. The van der Waals surface area contributed by atoms with E-state index in [-0.39, 0.29) is 12.1 Å². The number of benzene rings is 2. The SMILES string of the molecule is NCC[C@H]1CN(C(=O)Nc2ccc(-c3cccc(Cl)c3)cc2)CCO1. The molecule has 3 N–H and O–H groups in total.